The second-order valence-electron chi connectivity index (χ2n) is 6.16. The van der Waals surface area contributed by atoms with Gasteiger partial charge in [-0.1, -0.05) is 11.6 Å². The number of hydrogen-bond acceptors (Lipinski definition) is 2. The highest BCUT2D eigenvalue weighted by Crippen LogP contribution is 2.22. The molecule has 1 aromatic carbocycles. The highest BCUT2D eigenvalue weighted by molar-refractivity contribution is 6.30. The lowest BCUT2D eigenvalue weighted by atomic mass is 10.1. The maximum Gasteiger partial charge on any atom is 0.0997 e. The molecule has 0 amide bonds. The number of hydrogen-bond donors (Lipinski definition) is 1. The highest BCUT2D eigenvalue weighted by Gasteiger charge is 2.13. The van der Waals surface area contributed by atoms with Crippen molar-refractivity contribution in [2.45, 2.75) is 46.7 Å². The van der Waals surface area contributed by atoms with Crippen molar-refractivity contribution in [1.29, 1.82) is 0 Å². The molecule has 0 fully saturated rings. The molecule has 0 spiro atoms. The van der Waals surface area contributed by atoms with Gasteiger partial charge < -0.3 is 9.88 Å². The van der Waals surface area contributed by atoms with E-state index in [0.29, 0.717) is 0 Å². The molecule has 1 N–H and O–H groups in total. The van der Waals surface area contributed by atoms with Crippen LogP contribution >= 0.6 is 11.6 Å². The third-order valence-corrected chi connectivity index (χ3v) is 3.60. The van der Waals surface area contributed by atoms with Gasteiger partial charge in [0, 0.05) is 22.8 Å². The molecule has 0 saturated carbocycles. The third-order valence-electron chi connectivity index (χ3n) is 3.36. The number of halogens is 1. The summed E-state index contributed by atoms with van der Waals surface area (Å²) in [6.07, 6.45) is 1.87. The Kier molecular flexibility index (Phi) is 4.21. The lowest BCUT2D eigenvalue weighted by molar-refractivity contribution is 0.424. The van der Waals surface area contributed by atoms with Crippen LogP contribution in [0.4, 0.5) is 0 Å². The van der Waals surface area contributed by atoms with E-state index in [4.69, 9.17) is 11.6 Å². The van der Waals surface area contributed by atoms with E-state index in [9.17, 15) is 0 Å². The first kappa shape index (κ1) is 15.1. The Balaban J connectivity index is 2.40. The molecule has 0 aliphatic carbocycles. The molecular formula is C16H22ClN3. The van der Waals surface area contributed by atoms with Gasteiger partial charge in [-0.25, -0.2) is 4.98 Å². The highest BCUT2D eigenvalue weighted by atomic mass is 35.5. The average Bonchev–Trinajstić information content (AvgIpc) is 2.67. The van der Waals surface area contributed by atoms with Crippen LogP contribution < -0.4 is 5.32 Å². The molecule has 2 rings (SSSR count). The molecule has 4 heteroatoms. The quantitative estimate of drug-likeness (QED) is 0.925. The summed E-state index contributed by atoms with van der Waals surface area (Å²) in [5, 5.41) is 4.27. The van der Waals surface area contributed by atoms with E-state index < -0.39 is 0 Å². The molecule has 0 aliphatic heterocycles. The summed E-state index contributed by atoms with van der Waals surface area (Å²) in [6, 6.07) is 5.99. The summed E-state index contributed by atoms with van der Waals surface area (Å²) in [6.45, 7) is 11.3. The summed E-state index contributed by atoms with van der Waals surface area (Å²) < 4.78 is 2.12. The molecule has 20 heavy (non-hydrogen) atoms. The zero-order valence-electron chi connectivity index (χ0n) is 12.8. The van der Waals surface area contributed by atoms with Gasteiger partial charge in [-0.3, -0.25) is 0 Å². The molecule has 0 unspecified atom stereocenters. The van der Waals surface area contributed by atoms with Crippen molar-refractivity contribution in [2.75, 3.05) is 0 Å². The van der Waals surface area contributed by atoms with E-state index in [-0.39, 0.29) is 5.54 Å². The molecule has 0 bridgehead atoms. The Labute approximate surface area is 126 Å². The Bertz CT molecular complexity index is 609. The standard InChI is InChI=1S/C16H22ClN3/c1-11-12(2)20(10-18-11)15-7-6-14(17)8-13(15)9-19-16(3,4)5/h6-8,10,19H,9H2,1-5H3. The van der Waals surface area contributed by atoms with Crippen molar-refractivity contribution in [3.63, 3.8) is 0 Å². The first-order valence-corrected chi connectivity index (χ1v) is 7.20. The molecule has 2 aromatic rings. The van der Waals surface area contributed by atoms with Gasteiger partial charge in [-0.05, 0) is 58.4 Å². The summed E-state index contributed by atoms with van der Waals surface area (Å²) in [7, 11) is 0. The van der Waals surface area contributed by atoms with Gasteiger partial charge in [0.15, 0.2) is 0 Å². The fraction of sp³-hybridized carbons (Fsp3) is 0.438. The number of rotatable bonds is 3. The minimum absolute atomic E-state index is 0.0689. The van der Waals surface area contributed by atoms with E-state index in [1.165, 1.54) is 5.56 Å². The van der Waals surface area contributed by atoms with Crippen molar-refractivity contribution in [3.05, 3.63) is 46.5 Å². The zero-order valence-corrected chi connectivity index (χ0v) is 13.5. The smallest absolute Gasteiger partial charge is 0.0997 e. The van der Waals surface area contributed by atoms with Crippen LogP contribution in [-0.4, -0.2) is 15.1 Å². The largest absolute Gasteiger partial charge is 0.308 e. The summed E-state index contributed by atoms with van der Waals surface area (Å²) in [4.78, 5) is 4.37. The Morgan fingerprint density at radius 2 is 1.95 bits per heavy atom. The van der Waals surface area contributed by atoms with Crippen LogP contribution in [0.15, 0.2) is 24.5 Å². The van der Waals surface area contributed by atoms with Crippen LogP contribution in [0.5, 0.6) is 0 Å². The molecule has 0 saturated heterocycles. The summed E-state index contributed by atoms with van der Waals surface area (Å²) in [5.74, 6) is 0. The molecule has 0 radical (unpaired) electrons. The van der Waals surface area contributed by atoms with Gasteiger partial charge >= 0.3 is 0 Å². The second kappa shape index (κ2) is 5.58. The van der Waals surface area contributed by atoms with Gasteiger partial charge in [-0.15, -0.1) is 0 Å². The maximum atomic E-state index is 6.15. The number of nitrogens with zero attached hydrogens (tertiary/aromatic N) is 2. The fourth-order valence-electron chi connectivity index (χ4n) is 2.03. The lowest BCUT2D eigenvalue weighted by Gasteiger charge is -2.22. The molecule has 0 atom stereocenters. The lowest BCUT2D eigenvalue weighted by Crippen LogP contribution is -2.35. The maximum absolute atomic E-state index is 6.15. The molecular weight excluding hydrogens is 270 g/mol. The van der Waals surface area contributed by atoms with E-state index >= 15 is 0 Å². The minimum Gasteiger partial charge on any atom is -0.308 e. The van der Waals surface area contributed by atoms with Gasteiger partial charge in [0.2, 0.25) is 0 Å². The molecule has 108 valence electrons. The summed E-state index contributed by atoms with van der Waals surface area (Å²) >= 11 is 6.15. The van der Waals surface area contributed by atoms with E-state index in [1.807, 2.05) is 25.4 Å². The van der Waals surface area contributed by atoms with Crippen LogP contribution in [0.3, 0.4) is 0 Å². The topological polar surface area (TPSA) is 29.9 Å². The SMILES string of the molecule is Cc1ncn(-c2ccc(Cl)cc2CNC(C)(C)C)c1C. The van der Waals surface area contributed by atoms with Crippen molar-refractivity contribution < 1.29 is 0 Å². The number of aromatic nitrogens is 2. The fourth-order valence-corrected chi connectivity index (χ4v) is 2.23. The van der Waals surface area contributed by atoms with E-state index in [0.717, 1.165) is 28.6 Å². The molecule has 1 heterocycles. The Morgan fingerprint density at radius 3 is 2.50 bits per heavy atom. The van der Waals surface area contributed by atoms with Crippen molar-refractivity contribution in [2.24, 2.45) is 0 Å². The first-order valence-electron chi connectivity index (χ1n) is 6.82. The normalized spacial score (nSPS) is 11.9. The zero-order chi connectivity index (χ0) is 14.9. The number of imidazole rings is 1. The predicted molar refractivity (Wildman–Crippen MR) is 84.6 cm³/mol. The Morgan fingerprint density at radius 1 is 1.25 bits per heavy atom. The van der Waals surface area contributed by atoms with Crippen LogP contribution in [0, 0.1) is 13.8 Å². The third kappa shape index (κ3) is 3.41. The van der Waals surface area contributed by atoms with Gasteiger partial charge in [-0.2, -0.15) is 0 Å². The molecule has 1 aromatic heterocycles. The Hall–Kier alpha value is -1.32. The number of nitrogens with one attached hydrogen (secondary N) is 1. The monoisotopic (exact) mass is 291 g/mol. The number of benzene rings is 1. The predicted octanol–water partition coefficient (Wildman–Crippen LogP) is 4.03. The van der Waals surface area contributed by atoms with Gasteiger partial charge in [0.1, 0.15) is 0 Å². The van der Waals surface area contributed by atoms with Crippen LogP contribution in [0.1, 0.15) is 37.7 Å². The average molecular weight is 292 g/mol. The second-order valence-corrected chi connectivity index (χ2v) is 6.60. The number of aryl methyl sites for hydroxylation is 1. The van der Waals surface area contributed by atoms with Crippen LogP contribution in [-0.2, 0) is 6.54 Å². The van der Waals surface area contributed by atoms with E-state index in [2.05, 4.69) is 48.6 Å². The summed E-state index contributed by atoms with van der Waals surface area (Å²) in [5.41, 5.74) is 4.58. The van der Waals surface area contributed by atoms with Crippen molar-refractivity contribution >= 4 is 11.6 Å². The van der Waals surface area contributed by atoms with Gasteiger partial charge in [0.05, 0.1) is 17.7 Å². The van der Waals surface area contributed by atoms with Crippen molar-refractivity contribution in [3.8, 4) is 5.69 Å². The minimum atomic E-state index is 0.0689. The first-order chi connectivity index (χ1) is 9.28. The molecule has 0 aliphatic rings. The molecule has 3 nitrogen and oxygen atoms in total. The van der Waals surface area contributed by atoms with Crippen LogP contribution in [0.25, 0.3) is 5.69 Å². The van der Waals surface area contributed by atoms with E-state index in [1.54, 1.807) is 0 Å². The van der Waals surface area contributed by atoms with Crippen molar-refractivity contribution in [1.82, 2.24) is 14.9 Å². The van der Waals surface area contributed by atoms with Gasteiger partial charge in [0.25, 0.3) is 0 Å². The van der Waals surface area contributed by atoms with Crippen LogP contribution in [0.2, 0.25) is 5.02 Å².